The van der Waals surface area contributed by atoms with Crippen LogP contribution < -0.4 is 15.1 Å². The highest BCUT2D eigenvalue weighted by Gasteiger charge is 2.38. The van der Waals surface area contributed by atoms with E-state index >= 15 is 0 Å². The van der Waals surface area contributed by atoms with Crippen molar-refractivity contribution < 1.29 is 18.7 Å². The van der Waals surface area contributed by atoms with Crippen LogP contribution in [0.2, 0.25) is 0 Å². The summed E-state index contributed by atoms with van der Waals surface area (Å²) in [7, 11) is 0. The third kappa shape index (κ3) is 5.45. The number of para-hydroxylation sites is 1. The van der Waals surface area contributed by atoms with Gasteiger partial charge in [-0.05, 0) is 80.0 Å². The van der Waals surface area contributed by atoms with E-state index in [0.717, 1.165) is 83.9 Å². The predicted molar refractivity (Wildman–Crippen MR) is 156 cm³/mol. The lowest BCUT2D eigenvalue weighted by molar-refractivity contribution is -0.0229. The Balaban J connectivity index is 1.23. The number of rotatable bonds is 5. The second-order valence-corrected chi connectivity index (χ2v) is 11.4. The molecule has 2 aromatic carbocycles. The Morgan fingerprint density at radius 1 is 0.850 bits per heavy atom. The first-order chi connectivity index (χ1) is 19.5. The molecule has 8 heteroatoms. The molecule has 3 aliphatic rings. The van der Waals surface area contributed by atoms with E-state index < -0.39 is 0 Å². The Morgan fingerprint density at radius 2 is 1.60 bits per heavy atom. The summed E-state index contributed by atoms with van der Waals surface area (Å²) in [5.41, 5.74) is 4.85. The fourth-order valence-electron chi connectivity index (χ4n) is 6.52. The molecule has 0 bridgehead atoms. The highest BCUT2D eigenvalue weighted by atomic mass is 16.5. The first kappa shape index (κ1) is 26.4. The van der Waals surface area contributed by atoms with Gasteiger partial charge in [-0.2, -0.15) is 0 Å². The molecule has 40 heavy (non-hydrogen) atoms. The van der Waals surface area contributed by atoms with Crippen molar-refractivity contribution in [3.8, 4) is 0 Å². The summed E-state index contributed by atoms with van der Waals surface area (Å²) in [6.07, 6.45) is 5.67. The first-order valence-corrected chi connectivity index (χ1v) is 14.4. The van der Waals surface area contributed by atoms with E-state index in [1.54, 1.807) is 12.1 Å². The third-order valence-corrected chi connectivity index (χ3v) is 8.82. The van der Waals surface area contributed by atoms with Crippen LogP contribution in [0.15, 0.2) is 65.3 Å². The molecule has 1 aromatic heterocycles. The maximum Gasteiger partial charge on any atom is 0.291 e. The Labute approximate surface area is 235 Å². The van der Waals surface area contributed by atoms with Crippen LogP contribution in [-0.4, -0.2) is 69.2 Å². The molecule has 0 unspecified atom stereocenters. The van der Waals surface area contributed by atoms with E-state index in [2.05, 4.69) is 46.3 Å². The number of aryl methyl sites for hydroxylation is 1. The van der Waals surface area contributed by atoms with Crippen LogP contribution in [0.3, 0.4) is 0 Å². The number of hydrogen-bond acceptors (Lipinski definition) is 6. The highest BCUT2D eigenvalue weighted by Crippen LogP contribution is 2.40. The van der Waals surface area contributed by atoms with Crippen molar-refractivity contribution >= 4 is 28.9 Å². The maximum absolute atomic E-state index is 13.8. The normalized spacial score (nSPS) is 19.1. The van der Waals surface area contributed by atoms with Gasteiger partial charge < -0.3 is 29.2 Å². The molecule has 2 amide bonds. The van der Waals surface area contributed by atoms with Gasteiger partial charge in [-0.1, -0.05) is 18.2 Å². The second kappa shape index (κ2) is 11.4. The lowest BCUT2D eigenvalue weighted by atomic mass is 9.74. The molecule has 6 rings (SSSR count). The number of furan rings is 1. The predicted octanol–water partition coefficient (Wildman–Crippen LogP) is 5.20. The molecule has 1 spiro atoms. The van der Waals surface area contributed by atoms with E-state index in [4.69, 9.17) is 9.15 Å². The van der Waals surface area contributed by atoms with Gasteiger partial charge in [-0.15, -0.1) is 0 Å². The number of hydrogen-bond donors (Lipinski definition) is 1. The van der Waals surface area contributed by atoms with Crippen molar-refractivity contribution in [3.63, 3.8) is 0 Å². The molecule has 8 nitrogen and oxygen atoms in total. The summed E-state index contributed by atoms with van der Waals surface area (Å²) < 4.78 is 11.0. The molecule has 0 atom stereocenters. The minimum absolute atomic E-state index is 0.0231. The van der Waals surface area contributed by atoms with Crippen molar-refractivity contribution in [2.75, 3.05) is 67.6 Å². The van der Waals surface area contributed by atoms with Crippen molar-refractivity contribution in [2.24, 2.45) is 5.41 Å². The molecule has 3 aromatic rings. The zero-order chi connectivity index (χ0) is 27.5. The van der Waals surface area contributed by atoms with Crippen molar-refractivity contribution in [2.45, 2.75) is 32.6 Å². The van der Waals surface area contributed by atoms with Crippen LogP contribution in [0.1, 0.15) is 52.2 Å². The van der Waals surface area contributed by atoms with Gasteiger partial charge in [0.2, 0.25) is 0 Å². The Hall–Kier alpha value is -3.78. The fraction of sp³-hybridized carbons (Fsp3) is 0.438. The quantitative estimate of drug-likeness (QED) is 0.478. The number of piperidine rings is 1. The summed E-state index contributed by atoms with van der Waals surface area (Å²) in [4.78, 5) is 33.5. The van der Waals surface area contributed by atoms with Crippen LogP contribution in [0.5, 0.6) is 0 Å². The summed E-state index contributed by atoms with van der Waals surface area (Å²) in [5, 5.41) is 3.04. The lowest BCUT2D eigenvalue weighted by Gasteiger charge is -2.45. The zero-order valence-electron chi connectivity index (χ0n) is 23.2. The number of amides is 2. The highest BCUT2D eigenvalue weighted by molar-refractivity contribution is 6.05. The van der Waals surface area contributed by atoms with Crippen molar-refractivity contribution in [1.82, 2.24) is 4.90 Å². The number of piperazine rings is 1. The average molecular weight is 543 g/mol. The van der Waals surface area contributed by atoms with Crippen LogP contribution in [0, 0.1) is 12.3 Å². The Morgan fingerprint density at radius 3 is 2.33 bits per heavy atom. The number of ether oxygens (including phenoxy) is 1. The van der Waals surface area contributed by atoms with Gasteiger partial charge in [0, 0.05) is 63.7 Å². The van der Waals surface area contributed by atoms with Crippen molar-refractivity contribution in [3.05, 3.63) is 77.7 Å². The molecule has 4 heterocycles. The van der Waals surface area contributed by atoms with Gasteiger partial charge in [-0.25, -0.2) is 0 Å². The average Bonchev–Trinajstić information content (AvgIpc) is 3.53. The SMILES string of the molecule is Cc1ccccc1N1CCN(c2ccc(C(=O)N3CCCC4(CCOCC4)C3)cc2NC(=O)c2ccco2)CC1. The summed E-state index contributed by atoms with van der Waals surface area (Å²) in [5.74, 6) is -0.0620. The lowest BCUT2D eigenvalue weighted by Crippen LogP contribution is -2.48. The summed E-state index contributed by atoms with van der Waals surface area (Å²) >= 11 is 0. The maximum atomic E-state index is 13.8. The summed E-state index contributed by atoms with van der Waals surface area (Å²) in [6, 6.07) is 17.6. The number of carbonyl (C=O) groups excluding carboxylic acids is 2. The van der Waals surface area contributed by atoms with Crippen LogP contribution in [0.4, 0.5) is 17.1 Å². The largest absolute Gasteiger partial charge is 0.459 e. The Bertz CT molecular complexity index is 1340. The minimum atomic E-state index is -0.325. The summed E-state index contributed by atoms with van der Waals surface area (Å²) in [6.45, 7) is 8.58. The Kier molecular flexibility index (Phi) is 7.52. The van der Waals surface area contributed by atoms with Gasteiger partial charge in [0.05, 0.1) is 17.6 Å². The van der Waals surface area contributed by atoms with E-state index in [1.165, 1.54) is 17.5 Å². The number of nitrogens with one attached hydrogen (secondary N) is 1. The van der Waals surface area contributed by atoms with Gasteiger partial charge >= 0.3 is 0 Å². The number of nitrogens with zero attached hydrogens (tertiary/aromatic N) is 3. The molecule has 3 saturated heterocycles. The molecule has 210 valence electrons. The van der Waals surface area contributed by atoms with E-state index in [-0.39, 0.29) is 23.0 Å². The number of anilines is 3. The minimum Gasteiger partial charge on any atom is -0.459 e. The van der Waals surface area contributed by atoms with E-state index in [1.807, 2.05) is 23.1 Å². The van der Waals surface area contributed by atoms with E-state index in [0.29, 0.717) is 11.3 Å². The van der Waals surface area contributed by atoms with Gasteiger partial charge in [0.25, 0.3) is 11.8 Å². The molecule has 3 fully saturated rings. The number of carbonyl (C=O) groups is 2. The van der Waals surface area contributed by atoms with E-state index in [9.17, 15) is 9.59 Å². The monoisotopic (exact) mass is 542 g/mol. The molecule has 1 N–H and O–H groups in total. The topological polar surface area (TPSA) is 78.3 Å². The standard InChI is InChI=1S/C32H38N4O4/c1-24-6-2-3-7-27(24)34-15-17-35(18-16-34)28-10-9-25(22-26(28)33-30(37)29-8-4-19-40-29)31(38)36-14-5-11-32(23-36)12-20-39-21-13-32/h2-4,6-10,19,22H,5,11-18,20-21,23H2,1H3,(H,33,37). The van der Waals surface area contributed by atoms with Crippen LogP contribution in [-0.2, 0) is 4.74 Å². The molecular weight excluding hydrogens is 504 g/mol. The fourth-order valence-corrected chi connectivity index (χ4v) is 6.52. The van der Waals surface area contributed by atoms with Crippen molar-refractivity contribution in [1.29, 1.82) is 0 Å². The van der Waals surface area contributed by atoms with Gasteiger partial charge in [-0.3, -0.25) is 9.59 Å². The first-order valence-electron chi connectivity index (χ1n) is 14.4. The third-order valence-electron chi connectivity index (χ3n) is 8.82. The molecule has 3 aliphatic heterocycles. The molecule has 0 radical (unpaired) electrons. The van der Waals surface area contributed by atoms with Crippen LogP contribution in [0.25, 0.3) is 0 Å². The number of benzene rings is 2. The smallest absolute Gasteiger partial charge is 0.291 e. The molecule has 0 saturated carbocycles. The molecular formula is C32H38N4O4. The zero-order valence-corrected chi connectivity index (χ0v) is 23.2. The van der Waals surface area contributed by atoms with Gasteiger partial charge in [0.1, 0.15) is 0 Å². The molecule has 0 aliphatic carbocycles. The van der Waals surface area contributed by atoms with Crippen LogP contribution >= 0.6 is 0 Å². The number of likely N-dealkylation sites (tertiary alicyclic amines) is 1. The van der Waals surface area contributed by atoms with Gasteiger partial charge in [0.15, 0.2) is 5.76 Å². The second-order valence-electron chi connectivity index (χ2n) is 11.4.